The Kier molecular flexibility index (Phi) is 8.22. The van der Waals surface area contributed by atoms with Crippen LogP contribution in [0.3, 0.4) is 0 Å². The molecule has 0 aliphatic rings. The van der Waals surface area contributed by atoms with Gasteiger partial charge in [0.25, 0.3) is 0 Å². The third-order valence-corrected chi connectivity index (χ3v) is 9.72. The molecule has 0 radical (unpaired) electrons. The Morgan fingerprint density at radius 3 is 2.10 bits per heavy atom. The van der Waals surface area contributed by atoms with Crippen molar-refractivity contribution in [3.8, 4) is 34.0 Å². The first-order chi connectivity index (χ1) is 23.4. The topological polar surface area (TPSA) is 32.0 Å². The van der Waals surface area contributed by atoms with E-state index in [9.17, 15) is 0 Å². The third kappa shape index (κ3) is 6.05. The van der Waals surface area contributed by atoms with E-state index < -0.39 is 0 Å². The number of hydrogen-bond donors (Lipinski definition) is 0. The van der Waals surface area contributed by atoms with Gasteiger partial charge in [0.2, 0.25) is 0 Å². The number of fused-ring (bicyclic) bond motifs is 3. The molecule has 248 valence electrons. The van der Waals surface area contributed by atoms with Gasteiger partial charge in [0.1, 0.15) is 11.5 Å². The largest absolute Gasteiger partial charge is 0.457 e. The Hall–Kier alpha value is -5.09. The fourth-order valence-electron chi connectivity index (χ4n) is 7.38. The molecular formula is C45H47N3O. The van der Waals surface area contributed by atoms with Crippen molar-refractivity contribution in [1.29, 1.82) is 0 Å². The van der Waals surface area contributed by atoms with Crippen molar-refractivity contribution in [3.05, 3.63) is 137 Å². The second kappa shape index (κ2) is 12.4. The Morgan fingerprint density at radius 2 is 1.37 bits per heavy atom. The van der Waals surface area contributed by atoms with Crippen LogP contribution in [-0.4, -0.2) is 14.3 Å². The number of para-hydroxylation sites is 1. The zero-order valence-corrected chi connectivity index (χ0v) is 30.3. The summed E-state index contributed by atoms with van der Waals surface area (Å²) in [6, 6.07) is 37.2. The summed E-state index contributed by atoms with van der Waals surface area (Å²) in [6.07, 6.45) is 1.05. The summed E-state index contributed by atoms with van der Waals surface area (Å²) in [6.45, 7) is 19.9. The molecule has 4 nitrogen and oxygen atoms in total. The molecule has 7 rings (SSSR count). The van der Waals surface area contributed by atoms with Gasteiger partial charge in [-0.05, 0) is 116 Å². The molecule has 49 heavy (non-hydrogen) atoms. The maximum Gasteiger partial charge on any atom is 0.129 e. The lowest BCUT2D eigenvalue weighted by Gasteiger charge is -2.22. The first kappa shape index (κ1) is 32.5. The van der Waals surface area contributed by atoms with Crippen molar-refractivity contribution < 1.29 is 4.74 Å². The van der Waals surface area contributed by atoms with E-state index in [0.717, 1.165) is 40.5 Å². The van der Waals surface area contributed by atoms with E-state index in [1.165, 1.54) is 55.4 Å². The molecule has 5 aromatic carbocycles. The van der Waals surface area contributed by atoms with Gasteiger partial charge >= 0.3 is 0 Å². The molecule has 0 aliphatic heterocycles. The zero-order chi connectivity index (χ0) is 34.6. The minimum Gasteiger partial charge on any atom is -0.457 e. The summed E-state index contributed by atoms with van der Waals surface area (Å²) in [4.78, 5) is 0. The number of aryl methyl sites for hydroxylation is 3. The number of benzene rings is 5. The molecule has 0 N–H and O–H groups in total. The van der Waals surface area contributed by atoms with Crippen molar-refractivity contribution in [1.82, 2.24) is 14.3 Å². The second-order valence-electron chi connectivity index (χ2n) is 15.1. The Labute approximate surface area is 291 Å². The van der Waals surface area contributed by atoms with Gasteiger partial charge in [-0.3, -0.25) is 0 Å². The Morgan fingerprint density at radius 1 is 0.653 bits per heavy atom. The Bertz CT molecular complexity index is 2320. The predicted octanol–water partition coefficient (Wildman–Crippen LogP) is 12.2. The van der Waals surface area contributed by atoms with Crippen molar-refractivity contribution >= 4 is 21.8 Å². The summed E-state index contributed by atoms with van der Waals surface area (Å²) in [7, 11) is 0. The number of nitrogens with zero attached hydrogens (tertiary/aromatic N) is 3. The van der Waals surface area contributed by atoms with Crippen molar-refractivity contribution in [3.63, 3.8) is 0 Å². The van der Waals surface area contributed by atoms with E-state index >= 15 is 0 Å². The first-order valence-corrected chi connectivity index (χ1v) is 17.5. The lowest BCUT2D eigenvalue weighted by Crippen LogP contribution is -2.12. The summed E-state index contributed by atoms with van der Waals surface area (Å²) in [5.41, 5.74) is 14.1. The van der Waals surface area contributed by atoms with E-state index in [4.69, 9.17) is 9.84 Å². The summed E-state index contributed by atoms with van der Waals surface area (Å²) >= 11 is 0. The van der Waals surface area contributed by atoms with Gasteiger partial charge in [-0.15, -0.1) is 0 Å². The number of hydrogen-bond acceptors (Lipinski definition) is 2. The normalized spacial score (nSPS) is 12.0. The highest BCUT2D eigenvalue weighted by atomic mass is 16.5. The molecule has 2 heterocycles. The molecule has 0 unspecified atom stereocenters. The van der Waals surface area contributed by atoms with Gasteiger partial charge in [0.15, 0.2) is 0 Å². The standard InChI is InChI=1S/C45H47N3O/c1-28(2)22-33-16-13-17-35(23-33)47-41-19-11-10-18-39(41)40-21-20-37(27-42(40)47)49-38-25-34(45(7,8)9)24-36(26-38)48-32(6)44(31(5)46-48)43-29(3)14-12-15-30(43)4/h10-21,23-28H,22H2,1-9H3. The van der Waals surface area contributed by atoms with Crippen LogP contribution in [0, 0.1) is 33.6 Å². The van der Waals surface area contributed by atoms with Crippen LogP contribution in [0.2, 0.25) is 0 Å². The van der Waals surface area contributed by atoms with Gasteiger partial charge in [-0.1, -0.05) is 83.1 Å². The average molecular weight is 646 g/mol. The minimum absolute atomic E-state index is 0.0863. The van der Waals surface area contributed by atoms with E-state index in [2.05, 4.69) is 175 Å². The van der Waals surface area contributed by atoms with Gasteiger partial charge in [0, 0.05) is 39.8 Å². The summed E-state index contributed by atoms with van der Waals surface area (Å²) in [5, 5.41) is 7.55. The third-order valence-electron chi connectivity index (χ3n) is 9.72. The molecule has 4 heteroatoms. The van der Waals surface area contributed by atoms with E-state index in [-0.39, 0.29) is 5.41 Å². The number of ether oxygens (including phenoxy) is 1. The highest BCUT2D eigenvalue weighted by molar-refractivity contribution is 6.09. The van der Waals surface area contributed by atoms with Gasteiger partial charge in [0.05, 0.1) is 22.4 Å². The van der Waals surface area contributed by atoms with Crippen molar-refractivity contribution in [2.75, 3.05) is 0 Å². The van der Waals surface area contributed by atoms with Crippen LogP contribution >= 0.6 is 0 Å². The lowest BCUT2D eigenvalue weighted by molar-refractivity contribution is 0.478. The molecule has 0 amide bonds. The molecule has 0 fully saturated rings. The highest BCUT2D eigenvalue weighted by Crippen LogP contribution is 2.39. The molecule has 0 bridgehead atoms. The predicted molar refractivity (Wildman–Crippen MR) is 206 cm³/mol. The maximum atomic E-state index is 6.79. The molecule has 0 saturated heterocycles. The number of rotatable bonds is 7. The van der Waals surface area contributed by atoms with Crippen LogP contribution in [0.5, 0.6) is 11.5 Å². The van der Waals surface area contributed by atoms with Crippen molar-refractivity contribution in [2.24, 2.45) is 5.92 Å². The van der Waals surface area contributed by atoms with Gasteiger partial charge in [-0.2, -0.15) is 5.10 Å². The van der Waals surface area contributed by atoms with E-state index in [1.807, 2.05) is 0 Å². The van der Waals surface area contributed by atoms with Crippen molar-refractivity contribution in [2.45, 2.75) is 74.1 Å². The average Bonchev–Trinajstić information content (AvgIpc) is 3.53. The lowest BCUT2D eigenvalue weighted by atomic mass is 9.86. The minimum atomic E-state index is -0.0863. The summed E-state index contributed by atoms with van der Waals surface area (Å²) < 4.78 is 11.3. The monoisotopic (exact) mass is 645 g/mol. The fraction of sp³-hybridized carbons (Fsp3) is 0.267. The van der Waals surface area contributed by atoms with Crippen LogP contribution in [-0.2, 0) is 11.8 Å². The zero-order valence-electron chi connectivity index (χ0n) is 30.3. The van der Waals surface area contributed by atoms with Gasteiger partial charge < -0.3 is 9.30 Å². The SMILES string of the molecule is Cc1cccc(C)c1-c1c(C)nn(-c2cc(Oc3ccc4c5ccccc5n(-c5cccc(CC(C)C)c5)c4c3)cc(C(C)(C)C)c2)c1C. The van der Waals surface area contributed by atoms with E-state index in [0.29, 0.717) is 5.92 Å². The molecule has 7 aromatic rings. The molecule has 0 saturated carbocycles. The first-order valence-electron chi connectivity index (χ1n) is 17.5. The van der Waals surface area contributed by atoms with Crippen LogP contribution in [0.1, 0.15) is 68.3 Å². The van der Waals surface area contributed by atoms with Crippen LogP contribution in [0.4, 0.5) is 0 Å². The summed E-state index contributed by atoms with van der Waals surface area (Å²) in [5.74, 6) is 2.19. The fourth-order valence-corrected chi connectivity index (χ4v) is 7.38. The van der Waals surface area contributed by atoms with Crippen LogP contribution in [0.15, 0.2) is 103 Å². The molecular weight excluding hydrogens is 599 g/mol. The highest BCUT2D eigenvalue weighted by Gasteiger charge is 2.22. The Balaban J connectivity index is 1.35. The number of aromatic nitrogens is 3. The molecule has 0 spiro atoms. The smallest absolute Gasteiger partial charge is 0.129 e. The quantitative estimate of drug-likeness (QED) is 0.173. The molecule has 2 aromatic heterocycles. The van der Waals surface area contributed by atoms with Crippen LogP contribution in [0.25, 0.3) is 44.3 Å². The second-order valence-corrected chi connectivity index (χ2v) is 15.1. The van der Waals surface area contributed by atoms with Gasteiger partial charge in [-0.25, -0.2) is 4.68 Å². The molecule has 0 atom stereocenters. The van der Waals surface area contributed by atoms with E-state index in [1.54, 1.807) is 0 Å². The molecule has 0 aliphatic carbocycles. The van der Waals surface area contributed by atoms with Crippen LogP contribution < -0.4 is 4.74 Å². The maximum absolute atomic E-state index is 6.79.